The number of carbonyl (C=O) groups is 1. The third-order valence-corrected chi connectivity index (χ3v) is 4.35. The summed E-state index contributed by atoms with van der Waals surface area (Å²) in [5.41, 5.74) is -0.367. The Morgan fingerprint density at radius 1 is 1.27 bits per heavy atom. The minimum absolute atomic E-state index is 0.0630. The van der Waals surface area contributed by atoms with E-state index < -0.39 is 17.7 Å². The van der Waals surface area contributed by atoms with E-state index in [1.165, 1.54) is 24.3 Å². The molecule has 1 aliphatic rings. The first-order valence-electron chi connectivity index (χ1n) is 7.85. The third kappa shape index (κ3) is 4.52. The van der Waals surface area contributed by atoms with Gasteiger partial charge in [-0.15, -0.1) is 0 Å². The number of aliphatic hydroxyl groups is 2. The topological polar surface area (TPSA) is 69.6 Å². The van der Waals surface area contributed by atoms with Gasteiger partial charge < -0.3 is 15.5 Å². The fourth-order valence-corrected chi connectivity index (χ4v) is 3.02. The maximum absolute atomic E-state index is 12.9. The molecule has 0 radical (unpaired) electrons. The first kappa shape index (κ1) is 16.9. The Kier molecular flexibility index (Phi) is 5.53. The summed E-state index contributed by atoms with van der Waals surface area (Å²) in [6.07, 6.45) is 3.43. The predicted octanol–water partition coefficient (Wildman–Crippen LogP) is 2.45. The van der Waals surface area contributed by atoms with Gasteiger partial charge in [-0.2, -0.15) is 0 Å². The van der Waals surface area contributed by atoms with Crippen LogP contribution in [-0.4, -0.2) is 27.8 Å². The normalized spacial score (nSPS) is 20.2. The second kappa shape index (κ2) is 7.20. The maximum Gasteiger partial charge on any atom is 0.223 e. The van der Waals surface area contributed by atoms with Gasteiger partial charge in [0.05, 0.1) is 24.2 Å². The molecular weight excluding hydrogens is 285 g/mol. The van der Waals surface area contributed by atoms with Crippen LogP contribution in [0, 0.1) is 5.82 Å². The maximum atomic E-state index is 12.9. The Balaban J connectivity index is 1.88. The van der Waals surface area contributed by atoms with E-state index >= 15 is 0 Å². The minimum Gasteiger partial charge on any atom is -0.389 e. The standard InChI is InChI=1S/C17H24FNO3/c1-12(16(21)13-5-7-14(18)8-6-13)19-15(20)11-17(22)9-3-2-4-10-17/h5-8,12,16,21-22H,2-4,9-11H2,1H3,(H,19,20). The Labute approximate surface area is 130 Å². The average molecular weight is 309 g/mol. The Hall–Kier alpha value is -1.46. The monoisotopic (exact) mass is 309 g/mol. The average Bonchev–Trinajstić information content (AvgIpc) is 2.47. The van der Waals surface area contributed by atoms with Crippen molar-refractivity contribution >= 4 is 5.91 Å². The van der Waals surface area contributed by atoms with E-state index in [0.717, 1.165) is 19.3 Å². The van der Waals surface area contributed by atoms with Crippen LogP contribution in [0.4, 0.5) is 4.39 Å². The first-order chi connectivity index (χ1) is 10.4. The molecule has 22 heavy (non-hydrogen) atoms. The van der Waals surface area contributed by atoms with Crippen molar-refractivity contribution in [2.75, 3.05) is 0 Å². The quantitative estimate of drug-likeness (QED) is 0.782. The molecule has 1 amide bonds. The summed E-state index contributed by atoms with van der Waals surface area (Å²) in [5.74, 6) is -0.634. The molecular formula is C17H24FNO3. The zero-order valence-electron chi connectivity index (χ0n) is 12.9. The molecule has 0 saturated heterocycles. The van der Waals surface area contributed by atoms with Gasteiger partial charge in [-0.05, 0) is 37.5 Å². The molecule has 122 valence electrons. The highest BCUT2D eigenvalue weighted by molar-refractivity contribution is 5.77. The van der Waals surface area contributed by atoms with Crippen LogP contribution in [0.3, 0.4) is 0 Å². The molecule has 0 spiro atoms. The number of nitrogens with one attached hydrogen (secondary N) is 1. The molecule has 2 rings (SSSR count). The number of carbonyl (C=O) groups excluding carboxylic acids is 1. The molecule has 0 heterocycles. The zero-order chi connectivity index (χ0) is 16.2. The lowest BCUT2D eigenvalue weighted by atomic mass is 9.82. The lowest BCUT2D eigenvalue weighted by Gasteiger charge is -2.32. The molecule has 4 nitrogen and oxygen atoms in total. The Morgan fingerprint density at radius 2 is 1.86 bits per heavy atom. The molecule has 3 N–H and O–H groups in total. The van der Waals surface area contributed by atoms with Gasteiger partial charge in [-0.1, -0.05) is 31.4 Å². The third-order valence-electron chi connectivity index (χ3n) is 4.35. The van der Waals surface area contributed by atoms with Gasteiger partial charge in [0.2, 0.25) is 5.91 Å². The number of amides is 1. The van der Waals surface area contributed by atoms with Crippen molar-refractivity contribution in [1.82, 2.24) is 5.32 Å². The number of benzene rings is 1. The largest absolute Gasteiger partial charge is 0.389 e. The molecule has 0 bridgehead atoms. The summed E-state index contributed by atoms with van der Waals surface area (Å²) in [5, 5.41) is 23.3. The highest BCUT2D eigenvalue weighted by atomic mass is 19.1. The van der Waals surface area contributed by atoms with E-state index in [2.05, 4.69) is 5.32 Å². The molecule has 2 atom stereocenters. The van der Waals surface area contributed by atoms with Gasteiger partial charge in [-0.25, -0.2) is 4.39 Å². The van der Waals surface area contributed by atoms with Crippen molar-refractivity contribution in [2.24, 2.45) is 0 Å². The second-order valence-corrected chi connectivity index (χ2v) is 6.31. The Morgan fingerprint density at radius 3 is 2.45 bits per heavy atom. The Bertz CT molecular complexity index is 497. The van der Waals surface area contributed by atoms with Crippen LogP contribution in [0.15, 0.2) is 24.3 Å². The van der Waals surface area contributed by atoms with Gasteiger partial charge in [0.1, 0.15) is 5.82 Å². The van der Waals surface area contributed by atoms with Crippen LogP contribution >= 0.6 is 0 Å². The van der Waals surface area contributed by atoms with Crippen LogP contribution in [0.2, 0.25) is 0 Å². The highest BCUT2D eigenvalue weighted by Gasteiger charge is 2.32. The summed E-state index contributed by atoms with van der Waals surface area (Å²) in [4.78, 5) is 12.1. The number of rotatable bonds is 5. The van der Waals surface area contributed by atoms with Gasteiger partial charge in [-0.3, -0.25) is 4.79 Å². The molecule has 1 aliphatic carbocycles. The van der Waals surface area contributed by atoms with E-state index in [4.69, 9.17) is 0 Å². The van der Waals surface area contributed by atoms with Crippen molar-refractivity contribution in [3.8, 4) is 0 Å². The van der Waals surface area contributed by atoms with Gasteiger partial charge in [0.25, 0.3) is 0 Å². The van der Waals surface area contributed by atoms with Crippen molar-refractivity contribution in [1.29, 1.82) is 0 Å². The summed E-state index contributed by atoms with van der Waals surface area (Å²) >= 11 is 0. The van der Waals surface area contributed by atoms with Crippen molar-refractivity contribution in [2.45, 2.75) is 63.2 Å². The van der Waals surface area contributed by atoms with E-state index in [1.54, 1.807) is 6.92 Å². The van der Waals surface area contributed by atoms with Gasteiger partial charge >= 0.3 is 0 Å². The van der Waals surface area contributed by atoms with E-state index in [-0.39, 0.29) is 18.1 Å². The number of halogens is 1. The molecule has 0 aliphatic heterocycles. The van der Waals surface area contributed by atoms with Crippen LogP contribution in [0.5, 0.6) is 0 Å². The van der Waals surface area contributed by atoms with Crippen LogP contribution in [0.1, 0.15) is 57.1 Å². The minimum atomic E-state index is -0.914. The second-order valence-electron chi connectivity index (χ2n) is 6.31. The summed E-state index contributed by atoms with van der Waals surface area (Å²) in [6, 6.07) is 5.04. The fraction of sp³-hybridized carbons (Fsp3) is 0.588. The summed E-state index contributed by atoms with van der Waals surface area (Å²) < 4.78 is 12.9. The van der Waals surface area contributed by atoms with Crippen LogP contribution < -0.4 is 5.32 Å². The van der Waals surface area contributed by atoms with Crippen LogP contribution in [-0.2, 0) is 4.79 Å². The van der Waals surface area contributed by atoms with E-state index in [1.807, 2.05) is 0 Å². The van der Waals surface area contributed by atoms with Crippen molar-refractivity contribution in [3.63, 3.8) is 0 Å². The lowest BCUT2D eigenvalue weighted by molar-refractivity contribution is -0.128. The van der Waals surface area contributed by atoms with Crippen molar-refractivity contribution in [3.05, 3.63) is 35.6 Å². The zero-order valence-corrected chi connectivity index (χ0v) is 12.9. The number of hydrogen-bond donors (Lipinski definition) is 3. The van der Waals surface area contributed by atoms with Gasteiger partial charge in [0, 0.05) is 0 Å². The van der Waals surface area contributed by atoms with Gasteiger partial charge in [0.15, 0.2) is 0 Å². The fourth-order valence-electron chi connectivity index (χ4n) is 3.02. The van der Waals surface area contributed by atoms with E-state index in [0.29, 0.717) is 18.4 Å². The number of hydrogen-bond acceptors (Lipinski definition) is 3. The molecule has 2 unspecified atom stereocenters. The predicted molar refractivity (Wildman–Crippen MR) is 81.6 cm³/mol. The van der Waals surface area contributed by atoms with E-state index in [9.17, 15) is 19.4 Å². The van der Waals surface area contributed by atoms with Crippen LogP contribution in [0.25, 0.3) is 0 Å². The molecule has 1 aromatic rings. The summed E-state index contributed by atoms with van der Waals surface area (Å²) in [6.45, 7) is 1.69. The number of aliphatic hydroxyl groups excluding tert-OH is 1. The molecule has 0 aromatic heterocycles. The lowest BCUT2D eigenvalue weighted by Crippen LogP contribution is -2.43. The summed E-state index contributed by atoms with van der Waals surface area (Å²) in [7, 11) is 0. The molecule has 5 heteroatoms. The van der Waals surface area contributed by atoms with Crippen molar-refractivity contribution < 1.29 is 19.4 Å². The SMILES string of the molecule is CC(NC(=O)CC1(O)CCCCC1)C(O)c1ccc(F)cc1. The molecule has 1 fully saturated rings. The smallest absolute Gasteiger partial charge is 0.223 e. The molecule has 1 aromatic carbocycles. The highest BCUT2D eigenvalue weighted by Crippen LogP contribution is 2.30. The molecule has 1 saturated carbocycles. The first-order valence-corrected chi connectivity index (χ1v) is 7.85.